The number of ketones is 1. The molecule has 0 bridgehead atoms. The monoisotopic (exact) mass is 486 g/mol. The Morgan fingerprint density at radius 2 is 1.78 bits per heavy atom. The highest BCUT2D eigenvalue weighted by Gasteiger charge is 2.22. The van der Waals surface area contributed by atoms with Gasteiger partial charge in [0.15, 0.2) is 11.5 Å². The number of ether oxygens (including phenoxy) is 2. The first kappa shape index (κ1) is 22.4. The molecule has 0 saturated heterocycles. The molecule has 0 saturated carbocycles. The zero-order valence-electron chi connectivity index (χ0n) is 20.1. The fourth-order valence-electron chi connectivity index (χ4n) is 4.63. The maximum Gasteiger partial charge on any atom is 0.205 e. The van der Waals surface area contributed by atoms with Crippen molar-refractivity contribution in [2.75, 3.05) is 13.2 Å². The number of hydrogen-bond donors (Lipinski definition) is 1. The number of benzene rings is 3. The topological polar surface area (TPSA) is 92.9 Å². The maximum atomic E-state index is 13.6. The van der Waals surface area contributed by atoms with Gasteiger partial charge >= 0.3 is 0 Å². The van der Waals surface area contributed by atoms with Crippen LogP contribution in [0.15, 0.2) is 84.6 Å². The van der Waals surface area contributed by atoms with E-state index < -0.39 is 0 Å². The zero-order chi connectivity index (χ0) is 25.4. The van der Waals surface area contributed by atoms with Gasteiger partial charge in [0.2, 0.25) is 5.78 Å². The Bertz CT molecular complexity index is 1720. The van der Waals surface area contributed by atoms with Crippen molar-refractivity contribution in [1.82, 2.24) is 14.8 Å². The van der Waals surface area contributed by atoms with Crippen LogP contribution in [-0.2, 0) is 0 Å². The predicted octanol–water partition coefficient (Wildman–Crippen LogP) is 5.89. The van der Waals surface area contributed by atoms with Crippen LogP contribution in [0.2, 0.25) is 0 Å². The van der Waals surface area contributed by atoms with Crippen LogP contribution in [-0.4, -0.2) is 33.8 Å². The third kappa shape index (κ3) is 4.05. The van der Waals surface area contributed by atoms with E-state index in [1.165, 1.54) is 0 Å². The molecule has 1 aliphatic heterocycles. The number of Topliss-reactive ketones (excluding diaryl/α,β-unsaturated/α-hetero) is 1. The Labute approximate surface area is 213 Å². The number of H-pyrrole nitrogens is 1. The number of carbonyl (C=O) groups excluding carboxylic acids is 1. The van der Waals surface area contributed by atoms with Crippen molar-refractivity contribution < 1.29 is 14.3 Å². The van der Waals surface area contributed by atoms with E-state index in [1.54, 1.807) is 10.8 Å². The van der Waals surface area contributed by atoms with Crippen LogP contribution in [0.4, 0.5) is 0 Å². The summed E-state index contributed by atoms with van der Waals surface area (Å²) in [4.78, 5) is 16.9. The number of nitrogens with one attached hydrogen (secondary N) is 1. The molecule has 1 N–H and O–H groups in total. The lowest BCUT2D eigenvalue weighted by Crippen LogP contribution is -2.15. The Balaban J connectivity index is 1.49. The number of hydrogen-bond acceptors (Lipinski definition) is 5. The molecule has 0 amide bonds. The molecule has 37 heavy (non-hydrogen) atoms. The first-order valence-corrected chi connectivity index (χ1v) is 11.9. The molecule has 3 heterocycles. The molecular formula is C30H22N4O3. The van der Waals surface area contributed by atoms with E-state index in [0.29, 0.717) is 41.5 Å². The second kappa shape index (κ2) is 9.17. The summed E-state index contributed by atoms with van der Waals surface area (Å²) in [6.07, 6.45) is 3.44. The summed E-state index contributed by atoms with van der Waals surface area (Å²) < 4.78 is 13.2. The van der Waals surface area contributed by atoms with Crippen LogP contribution < -0.4 is 9.47 Å². The lowest BCUT2D eigenvalue weighted by atomic mass is 9.98. The summed E-state index contributed by atoms with van der Waals surface area (Å²) in [7, 11) is 0. The number of nitrogens with zero attached hydrogens (tertiary/aromatic N) is 3. The van der Waals surface area contributed by atoms with Crippen molar-refractivity contribution >= 4 is 22.8 Å². The first-order valence-electron chi connectivity index (χ1n) is 11.9. The number of aromatic nitrogens is 3. The standard InChI is InChI=1S/C30H22N4O3/c1-19-28(24-9-5-6-10-25(24)32-19)30(35)21(17-31)15-22-18-34(23-7-3-2-4-8-23)33-29(22)20-11-12-26-27(16-20)37-14-13-36-26/h2-12,15-16,18,32H,13-14H2,1H3. The van der Waals surface area contributed by atoms with Gasteiger partial charge in [0.25, 0.3) is 0 Å². The molecule has 0 fully saturated rings. The molecule has 1 aliphatic rings. The molecular weight excluding hydrogens is 464 g/mol. The van der Waals surface area contributed by atoms with E-state index in [0.717, 1.165) is 27.8 Å². The zero-order valence-corrected chi connectivity index (χ0v) is 20.1. The van der Waals surface area contributed by atoms with Crippen molar-refractivity contribution in [3.63, 3.8) is 0 Å². The Kier molecular flexibility index (Phi) is 5.55. The summed E-state index contributed by atoms with van der Waals surface area (Å²) >= 11 is 0. The van der Waals surface area contributed by atoms with Gasteiger partial charge in [-0.2, -0.15) is 10.4 Å². The summed E-state index contributed by atoms with van der Waals surface area (Å²) in [6, 6.07) is 25.0. The van der Waals surface area contributed by atoms with Gasteiger partial charge in [0.1, 0.15) is 30.6 Å². The third-order valence-corrected chi connectivity index (χ3v) is 6.36. The second-order valence-electron chi connectivity index (χ2n) is 8.74. The lowest BCUT2D eigenvalue weighted by molar-refractivity contribution is 0.104. The number of para-hydroxylation sites is 2. The van der Waals surface area contributed by atoms with Gasteiger partial charge in [0.05, 0.1) is 11.3 Å². The van der Waals surface area contributed by atoms with Crippen molar-refractivity contribution in [1.29, 1.82) is 5.26 Å². The maximum absolute atomic E-state index is 13.6. The molecule has 0 atom stereocenters. The van der Waals surface area contributed by atoms with Gasteiger partial charge in [-0.15, -0.1) is 0 Å². The summed E-state index contributed by atoms with van der Waals surface area (Å²) in [5.74, 6) is 0.981. The number of allylic oxidation sites excluding steroid dienone is 1. The first-order chi connectivity index (χ1) is 18.1. The molecule has 2 aromatic heterocycles. The molecule has 180 valence electrons. The average molecular weight is 487 g/mol. The van der Waals surface area contributed by atoms with Crippen molar-refractivity contribution in [2.24, 2.45) is 0 Å². The van der Waals surface area contributed by atoms with E-state index >= 15 is 0 Å². The SMILES string of the molecule is Cc1[nH]c2ccccc2c1C(=O)C(C#N)=Cc1cn(-c2ccccc2)nc1-c1ccc2c(c1)OCCO2. The fourth-order valence-corrected chi connectivity index (χ4v) is 4.63. The molecule has 7 heteroatoms. The number of aromatic amines is 1. The largest absolute Gasteiger partial charge is 0.486 e. The number of aryl methyl sites for hydroxylation is 1. The lowest BCUT2D eigenvalue weighted by Gasteiger charge is -2.18. The van der Waals surface area contributed by atoms with Gasteiger partial charge < -0.3 is 14.5 Å². The third-order valence-electron chi connectivity index (χ3n) is 6.36. The molecule has 5 aromatic rings. The molecule has 0 radical (unpaired) electrons. The van der Waals surface area contributed by atoms with Gasteiger partial charge in [0, 0.05) is 33.9 Å². The highest BCUT2D eigenvalue weighted by atomic mass is 16.6. The summed E-state index contributed by atoms with van der Waals surface area (Å²) in [5, 5.41) is 15.7. The fraction of sp³-hybridized carbons (Fsp3) is 0.100. The van der Waals surface area contributed by atoms with Crippen LogP contribution in [0.25, 0.3) is 33.9 Å². The Morgan fingerprint density at radius 1 is 1.03 bits per heavy atom. The second-order valence-corrected chi connectivity index (χ2v) is 8.74. The molecule has 3 aromatic carbocycles. The minimum absolute atomic E-state index is 0.0271. The summed E-state index contributed by atoms with van der Waals surface area (Å²) in [6.45, 7) is 2.82. The van der Waals surface area contributed by atoms with Gasteiger partial charge in [-0.25, -0.2) is 4.68 Å². The van der Waals surface area contributed by atoms with Crippen LogP contribution in [0.1, 0.15) is 21.6 Å². The molecule has 7 nitrogen and oxygen atoms in total. The van der Waals surface area contributed by atoms with E-state index in [9.17, 15) is 10.1 Å². The van der Waals surface area contributed by atoms with Crippen LogP contribution in [0.5, 0.6) is 11.5 Å². The van der Waals surface area contributed by atoms with Crippen molar-refractivity contribution in [3.8, 4) is 34.5 Å². The van der Waals surface area contributed by atoms with E-state index in [2.05, 4.69) is 11.1 Å². The smallest absolute Gasteiger partial charge is 0.205 e. The minimum atomic E-state index is -0.335. The van der Waals surface area contributed by atoms with Gasteiger partial charge in [-0.1, -0.05) is 36.4 Å². The molecule has 0 aliphatic carbocycles. The highest BCUT2D eigenvalue weighted by Crippen LogP contribution is 2.36. The van der Waals surface area contributed by atoms with Crippen LogP contribution in [0.3, 0.4) is 0 Å². The Hall–Kier alpha value is -5.09. The summed E-state index contributed by atoms with van der Waals surface area (Å²) in [5.41, 5.74) is 5.02. The predicted molar refractivity (Wildman–Crippen MR) is 141 cm³/mol. The molecule has 0 spiro atoms. The normalized spacial score (nSPS) is 12.9. The number of fused-ring (bicyclic) bond motifs is 2. The van der Waals surface area contributed by atoms with Crippen LogP contribution in [0, 0.1) is 18.3 Å². The van der Waals surface area contributed by atoms with Crippen molar-refractivity contribution in [2.45, 2.75) is 6.92 Å². The van der Waals surface area contributed by atoms with Crippen molar-refractivity contribution in [3.05, 3.63) is 101 Å². The minimum Gasteiger partial charge on any atom is -0.486 e. The van der Waals surface area contributed by atoms with E-state index in [-0.39, 0.29) is 11.4 Å². The highest BCUT2D eigenvalue weighted by molar-refractivity contribution is 6.20. The number of carbonyl (C=O) groups is 1. The van der Waals surface area contributed by atoms with Crippen LogP contribution >= 0.6 is 0 Å². The number of nitriles is 1. The quantitative estimate of drug-likeness (QED) is 0.190. The van der Waals surface area contributed by atoms with E-state index in [1.807, 2.05) is 85.9 Å². The molecule has 6 rings (SSSR count). The van der Waals surface area contributed by atoms with E-state index in [4.69, 9.17) is 14.6 Å². The Morgan fingerprint density at radius 3 is 2.59 bits per heavy atom. The average Bonchev–Trinajstić information content (AvgIpc) is 3.52. The molecule has 0 unspecified atom stereocenters. The van der Waals surface area contributed by atoms with Gasteiger partial charge in [-0.05, 0) is 49.4 Å². The number of rotatable bonds is 5. The van der Waals surface area contributed by atoms with Gasteiger partial charge in [-0.3, -0.25) is 4.79 Å².